The topological polar surface area (TPSA) is 74.4 Å². The number of carbonyl (C=O) groups is 1. The molecule has 0 radical (unpaired) electrons. The van der Waals surface area contributed by atoms with Gasteiger partial charge in [-0.05, 0) is 6.07 Å². The highest BCUT2D eigenvalue weighted by molar-refractivity contribution is 5.77. The number of nitrogens with two attached hydrogens (primary N) is 1. The zero-order valence-electron chi connectivity index (χ0n) is 8.75. The van der Waals surface area contributed by atoms with Gasteiger partial charge in [0.25, 0.3) is 0 Å². The predicted molar refractivity (Wildman–Crippen MR) is 50.8 cm³/mol. The molecular formula is C9H9F3N2O3. The molecule has 0 saturated carbocycles. The second kappa shape index (κ2) is 5.00. The van der Waals surface area contributed by atoms with Crippen LogP contribution in [0.3, 0.4) is 0 Å². The Bertz CT molecular complexity index is 421. The van der Waals surface area contributed by atoms with Gasteiger partial charge in [-0.2, -0.15) is 0 Å². The maximum Gasteiger partial charge on any atom is 0.574 e. The lowest BCUT2D eigenvalue weighted by Gasteiger charge is -2.13. The molecule has 17 heavy (non-hydrogen) atoms. The molecule has 8 heteroatoms. The highest BCUT2D eigenvalue weighted by Crippen LogP contribution is 2.28. The number of alkyl halides is 3. The number of hydrogen-bond acceptors (Lipinski definition) is 5. The van der Waals surface area contributed by atoms with Crippen LogP contribution in [0.15, 0.2) is 6.07 Å². The number of carbonyl (C=O) groups excluding carboxylic acids is 1. The largest absolute Gasteiger partial charge is 0.574 e. The van der Waals surface area contributed by atoms with E-state index in [0.29, 0.717) is 0 Å². The first-order valence-electron chi connectivity index (χ1n) is 4.40. The molecule has 1 aromatic heterocycles. The molecule has 0 aliphatic rings. The van der Waals surface area contributed by atoms with Crippen LogP contribution in [0, 0.1) is 0 Å². The zero-order chi connectivity index (χ0) is 13.1. The van der Waals surface area contributed by atoms with E-state index in [-0.39, 0.29) is 29.8 Å². The molecule has 0 spiro atoms. The van der Waals surface area contributed by atoms with E-state index in [4.69, 9.17) is 10.5 Å². The summed E-state index contributed by atoms with van der Waals surface area (Å²) < 4.78 is 44.6. The average Bonchev–Trinajstić information content (AvgIpc) is 2.26. The summed E-state index contributed by atoms with van der Waals surface area (Å²) in [4.78, 5) is 14.0. The van der Waals surface area contributed by atoms with Crippen molar-refractivity contribution in [2.45, 2.75) is 12.9 Å². The Labute approximate surface area is 94.3 Å². The Balaban J connectivity index is 3.24. The van der Waals surface area contributed by atoms with E-state index < -0.39 is 12.2 Å². The fraction of sp³-hybridized carbons (Fsp3) is 0.333. The molecule has 5 nitrogen and oxygen atoms in total. The molecule has 0 fully saturated rings. The minimum atomic E-state index is -4.90. The van der Waals surface area contributed by atoms with Gasteiger partial charge in [0.2, 0.25) is 5.88 Å². The summed E-state index contributed by atoms with van der Waals surface area (Å²) in [7, 11) is 1.26. The fourth-order valence-electron chi connectivity index (χ4n) is 1.12. The first kappa shape index (κ1) is 13.2. The summed E-state index contributed by atoms with van der Waals surface area (Å²) in [5.41, 5.74) is 4.96. The molecule has 1 heterocycles. The van der Waals surface area contributed by atoms with Gasteiger partial charge in [-0.25, -0.2) is 4.98 Å². The standard InChI is InChI=1S/C9H9F3N2O3/c1-16-7-2-5(3-13)8(14-6(7)4-15)17-9(10,11)12/h2,4H,3,13H2,1H3. The van der Waals surface area contributed by atoms with Gasteiger partial charge >= 0.3 is 6.36 Å². The van der Waals surface area contributed by atoms with Crippen LogP contribution in [0.5, 0.6) is 11.6 Å². The second-order valence-electron chi connectivity index (χ2n) is 2.91. The van der Waals surface area contributed by atoms with Crippen molar-refractivity contribution in [1.82, 2.24) is 4.98 Å². The molecule has 94 valence electrons. The van der Waals surface area contributed by atoms with Crippen molar-refractivity contribution in [3.8, 4) is 11.6 Å². The van der Waals surface area contributed by atoms with E-state index in [0.717, 1.165) is 0 Å². The Morgan fingerprint density at radius 2 is 2.18 bits per heavy atom. The van der Waals surface area contributed by atoms with Crippen LogP contribution in [-0.2, 0) is 6.54 Å². The van der Waals surface area contributed by atoms with Crippen molar-refractivity contribution in [2.24, 2.45) is 5.73 Å². The molecule has 0 saturated heterocycles. The van der Waals surface area contributed by atoms with Gasteiger partial charge in [-0.3, -0.25) is 4.79 Å². The van der Waals surface area contributed by atoms with Gasteiger partial charge in [0.1, 0.15) is 11.4 Å². The van der Waals surface area contributed by atoms with E-state index >= 15 is 0 Å². The quantitative estimate of drug-likeness (QED) is 0.814. The van der Waals surface area contributed by atoms with Crippen LogP contribution < -0.4 is 15.2 Å². The molecule has 0 aromatic carbocycles. The maximum atomic E-state index is 12.1. The Morgan fingerprint density at radius 1 is 1.53 bits per heavy atom. The summed E-state index contributed by atoms with van der Waals surface area (Å²) in [5, 5.41) is 0. The summed E-state index contributed by atoms with van der Waals surface area (Å²) >= 11 is 0. The number of hydrogen-bond donors (Lipinski definition) is 1. The second-order valence-corrected chi connectivity index (χ2v) is 2.91. The minimum Gasteiger partial charge on any atom is -0.494 e. The number of aldehydes is 1. The SMILES string of the molecule is COc1cc(CN)c(OC(F)(F)F)nc1C=O. The van der Waals surface area contributed by atoms with E-state index in [9.17, 15) is 18.0 Å². The van der Waals surface area contributed by atoms with Crippen LogP contribution in [0.4, 0.5) is 13.2 Å². The summed E-state index contributed by atoms with van der Waals surface area (Å²) in [6.07, 6.45) is -4.63. The Kier molecular flexibility index (Phi) is 3.89. The number of nitrogens with zero attached hydrogens (tertiary/aromatic N) is 1. The minimum absolute atomic E-state index is 0.00947. The zero-order valence-corrected chi connectivity index (χ0v) is 8.75. The van der Waals surface area contributed by atoms with Crippen LogP contribution in [0.1, 0.15) is 16.1 Å². The molecule has 0 atom stereocenters. The fourth-order valence-corrected chi connectivity index (χ4v) is 1.12. The molecule has 0 amide bonds. The summed E-state index contributed by atoms with van der Waals surface area (Å²) in [6.45, 7) is -0.228. The maximum absolute atomic E-state index is 12.1. The van der Waals surface area contributed by atoms with Crippen molar-refractivity contribution >= 4 is 6.29 Å². The van der Waals surface area contributed by atoms with Crippen LogP contribution in [-0.4, -0.2) is 24.7 Å². The predicted octanol–water partition coefficient (Wildman–Crippen LogP) is 1.26. The molecule has 0 unspecified atom stereocenters. The molecule has 0 aliphatic carbocycles. The highest BCUT2D eigenvalue weighted by Gasteiger charge is 2.33. The van der Waals surface area contributed by atoms with Crippen molar-refractivity contribution in [1.29, 1.82) is 0 Å². The van der Waals surface area contributed by atoms with Gasteiger partial charge in [0.15, 0.2) is 6.29 Å². The van der Waals surface area contributed by atoms with Gasteiger partial charge in [0, 0.05) is 12.1 Å². The first-order valence-corrected chi connectivity index (χ1v) is 4.40. The average molecular weight is 250 g/mol. The van der Waals surface area contributed by atoms with Gasteiger partial charge in [-0.1, -0.05) is 0 Å². The van der Waals surface area contributed by atoms with E-state index in [1.807, 2.05) is 0 Å². The number of aromatic nitrogens is 1. The van der Waals surface area contributed by atoms with Crippen molar-refractivity contribution < 1.29 is 27.4 Å². The number of rotatable bonds is 4. The number of halogens is 3. The molecular weight excluding hydrogens is 241 g/mol. The van der Waals surface area contributed by atoms with Gasteiger partial charge < -0.3 is 15.2 Å². The Hall–Kier alpha value is -1.83. The molecule has 2 N–H and O–H groups in total. The number of ether oxygens (including phenoxy) is 2. The summed E-state index contributed by atoms with van der Waals surface area (Å²) in [5.74, 6) is -0.710. The first-order chi connectivity index (χ1) is 7.91. The van der Waals surface area contributed by atoms with Crippen molar-refractivity contribution in [3.63, 3.8) is 0 Å². The van der Waals surface area contributed by atoms with Gasteiger partial charge in [-0.15, -0.1) is 13.2 Å². The van der Waals surface area contributed by atoms with Crippen LogP contribution in [0.25, 0.3) is 0 Å². The third-order valence-electron chi connectivity index (χ3n) is 1.82. The van der Waals surface area contributed by atoms with Crippen LogP contribution >= 0.6 is 0 Å². The van der Waals surface area contributed by atoms with Crippen molar-refractivity contribution in [2.75, 3.05) is 7.11 Å². The lowest BCUT2D eigenvalue weighted by atomic mass is 10.2. The van der Waals surface area contributed by atoms with Crippen LogP contribution in [0.2, 0.25) is 0 Å². The lowest BCUT2D eigenvalue weighted by molar-refractivity contribution is -0.276. The molecule has 1 rings (SSSR count). The number of methoxy groups -OCH3 is 1. The smallest absolute Gasteiger partial charge is 0.494 e. The summed E-state index contributed by atoms with van der Waals surface area (Å²) in [6, 6.07) is 1.18. The van der Waals surface area contributed by atoms with E-state index in [1.165, 1.54) is 13.2 Å². The Morgan fingerprint density at radius 3 is 2.59 bits per heavy atom. The van der Waals surface area contributed by atoms with E-state index in [1.54, 1.807) is 0 Å². The third-order valence-corrected chi connectivity index (χ3v) is 1.82. The monoisotopic (exact) mass is 250 g/mol. The molecule has 0 aliphatic heterocycles. The number of pyridine rings is 1. The normalized spacial score (nSPS) is 11.1. The third kappa shape index (κ3) is 3.31. The van der Waals surface area contributed by atoms with Crippen molar-refractivity contribution in [3.05, 3.63) is 17.3 Å². The van der Waals surface area contributed by atoms with E-state index in [2.05, 4.69) is 9.72 Å². The molecule has 0 bridgehead atoms. The molecule has 1 aromatic rings. The lowest BCUT2D eigenvalue weighted by Crippen LogP contribution is -2.20. The highest BCUT2D eigenvalue weighted by atomic mass is 19.4. The van der Waals surface area contributed by atoms with Gasteiger partial charge in [0.05, 0.1) is 7.11 Å².